The van der Waals surface area contributed by atoms with Gasteiger partial charge in [0.2, 0.25) is 0 Å². The molecule has 0 atom stereocenters. The van der Waals surface area contributed by atoms with Crippen LogP contribution in [0.4, 0.5) is 5.82 Å². The highest BCUT2D eigenvalue weighted by atomic mass is 35.5. The summed E-state index contributed by atoms with van der Waals surface area (Å²) in [6.45, 7) is 4.93. The summed E-state index contributed by atoms with van der Waals surface area (Å²) in [6, 6.07) is 3.71. The summed E-state index contributed by atoms with van der Waals surface area (Å²) in [4.78, 5) is 4.02. The average molecular weight is 321 g/mol. The Hall–Kier alpha value is -1.08. The van der Waals surface area contributed by atoms with E-state index in [0.29, 0.717) is 5.82 Å². The molecule has 1 fully saturated rings. The Bertz CT molecular complexity index is 505. The number of likely N-dealkylation sites (N-methyl/N-ethyl adjacent to an activating group) is 1. The first-order chi connectivity index (χ1) is 8.58. The summed E-state index contributed by atoms with van der Waals surface area (Å²) in [6.07, 6.45) is 1.69. The standard InChI is InChI=1S/C6H6N4.C6H15N2.2ClH/c7-6-5-4(9-10-6)2-1-3-8-5;1-8(2)5-3-7-4-6-8;;/h1-3H,(H3,7,9,10);7H,3-6H2,1-2H3;2*1H/q;+1;;/p-1. The fourth-order valence-electron chi connectivity index (χ4n) is 1.87. The first kappa shape index (κ1) is 18.9. The van der Waals surface area contributed by atoms with E-state index >= 15 is 0 Å². The minimum atomic E-state index is 0. The second-order valence-electron chi connectivity index (χ2n) is 5.14. The predicted molar refractivity (Wildman–Crippen MR) is 80.3 cm³/mol. The minimum Gasteiger partial charge on any atom is -1.00 e. The van der Waals surface area contributed by atoms with Crippen LogP contribution >= 0.6 is 12.4 Å². The van der Waals surface area contributed by atoms with E-state index in [4.69, 9.17) is 5.73 Å². The molecule has 0 spiro atoms. The number of nitrogen functional groups attached to an aromatic ring is 1. The highest BCUT2D eigenvalue weighted by Gasteiger charge is 2.17. The quantitative estimate of drug-likeness (QED) is 0.474. The summed E-state index contributed by atoms with van der Waals surface area (Å²) < 4.78 is 1.19. The zero-order chi connectivity index (χ0) is 13.0. The molecule has 1 saturated heterocycles. The first-order valence-corrected chi connectivity index (χ1v) is 6.16. The first-order valence-electron chi connectivity index (χ1n) is 6.16. The van der Waals surface area contributed by atoms with Crippen molar-refractivity contribution in [3.8, 4) is 0 Å². The molecule has 0 saturated carbocycles. The van der Waals surface area contributed by atoms with Gasteiger partial charge in [-0.15, -0.1) is 12.4 Å². The number of H-pyrrole nitrogens is 1. The SMILES string of the molecule is C[N+]1(C)CCNCC1.Cl.Nc1n[nH]c2cccnc12.[Cl-]. The normalized spacial score (nSPS) is 16.3. The molecule has 0 amide bonds. The van der Waals surface area contributed by atoms with Gasteiger partial charge in [0, 0.05) is 19.3 Å². The molecule has 1 aliphatic heterocycles. The second-order valence-corrected chi connectivity index (χ2v) is 5.14. The molecule has 0 aromatic carbocycles. The summed E-state index contributed by atoms with van der Waals surface area (Å²) >= 11 is 0. The topological polar surface area (TPSA) is 79.6 Å². The number of pyridine rings is 1. The third-order valence-electron chi connectivity index (χ3n) is 3.13. The lowest BCUT2D eigenvalue weighted by Crippen LogP contribution is -3.00. The van der Waals surface area contributed by atoms with Gasteiger partial charge in [-0.25, -0.2) is 0 Å². The van der Waals surface area contributed by atoms with Gasteiger partial charge in [0.1, 0.15) is 5.52 Å². The molecule has 114 valence electrons. The van der Waals surface area contributed by atoms with Gasteiger partial charge in [-0.05, 0) is 12.1 Å². The van der Waals surface area contributed by atoms with Gasteiger partial charge in [-0.2, -0.15) is 5.10 Å². The number of piperazine rings is 1. The van der Waals surface area contributed by atoms with Crippen LogP contribution in [-0.4, -0.2) is 59.9 Å². The van der Waals surface area contributed by atoms with Gasteiger partial charge in [0.25, 0.3) is 0 Å². The lowest BCUT2D eigenvalue weighted by molar-refractivity contribution is -0.891. The number of hydrogen-bond acceptors (Lipinski definition) is 4. The lowest BCUT2D eigenvalue weighted by Gasteiger charge is -2.33. The van der Waals surface area contributed by atoms with Crippen molar-refractivity contribution in [2.45, 2.75) is 0 Å². The average Bonchev–Trinajstić information content (AvgIpc) is 2.72. The maximum atomic E-state index is 5.47. The number of anilines is 1. The largest absolute Gasteiger partial charge is 1.00 e. The summed E-state index contributed by atoms with van der Waals surface area (Å²) in [5.41, 5.74) is 7.08. The van der Waals surface area contributed by atoms with E-state index in [2.05, 4.69) is 34.6 Å². The van der Waals surface area contributed by atoms with Crippen LogP contribution in [0, 0.1) is 0 Å². The van der Waals surface area contributed by atoms with Crippen LogP contribution in [0.5, 0.6) is 0 Å². The molecular formula is C12H22Cl2N6. The van der Waals surface area contributed by atoms with Crippen LogP contribution in [0.15, 0.2) is 18.3 Å². The van der Waals surface area contributed by atoms with Gasteiger partial charge in [-0.3, -0.25) is 10.1 Å². The van der Waals surface area contributed by atoms with Crippen molar-refractivity contribution in [1.29, 1.82) is 0 Å². The number of hydrogen-bond donors (Lipinski definition) is 3. The number of quaternary nitrogens is 1. The van der Waals surface area contributed by atoms with Crippen LogP contribution in [0.2, 0.25) is 0 Å². The molecule has 0 unspecified atom stereocenters. The van der Waals surface area contributed by atoms with E-state index < -0.39 is 0 Å². The lowest BCUT2D eigenvalue weighted by atomic mass is 10.3. The number of nitrogens with two attached hydrogens (primary N) is 1. The fourth-order valence-corrected chi connectivity index (χ4v) is 1.87. The van der Waals surface area contributed by atoms with Crippen LogP contribution in [0.25, 0.3) is 11.0 Å². The van der Waals surface area contributed by atoms with Crippen LogP contribution in [0.1, 0.15) is 0 Å². The maximum Gasteiger partial charge on any atom is 0.171 e. The second kappa shape index (κ2) is 8.26. The molecule has 8 heteroatoms. The molecule has 0 aliphatic carbocycles. The van der Waals surface area contributed by atoms with Crippen LogP contribution in [-0.2, 0) is 0 Å². The highest BCUT2D eigenvalue weighted by molar-refractivity contribution is 5.85. The van der Waals surface area contributed by atoms with Crippen molar-refractivity contribution in [2.75, 3.05) is 46.0 Å². The van der Waals surface area contributed by atoms with Crippen molar-refractivity contribution in [1.82, 2.24) is 20.5 Å². The van der Waals surface area contributed by atoms with Crippen molar-refractivity contribution in [3.05, 3.63) is 18.3 Å². The number of halogens is 2. The fraction of sp³-hybridized carbons (Fsp3) is 0.500. The molecule has 20 heavy (non-hydrogen) atoms. The van der Waals surface area contributed by atoms with Gasteiger partial charge in [0.05, 0.1) is 32.7 Å². The molecule has 4 N–H and O–H groups in total. The Morgan fingerprint density at radius 3 is 2.40 bits per heavy atom. The monoisotopic (exact) mass is 320 g/mol. The third-order valence-corrected chi connectivity index (χ3v) is 3.13. The van der Waals surface area contributed by atoms with Crippen molar-refractivity contribution < 1.29 is 16.9 Å². The highest BCUT2D eigenvalue weighted by Crippen LogP contribution is 2.12. The summed E-state index contributed by atoms with van der Waals surface area (Å²) in [5, 5.41) is 9.86. The minimum absolute atomic E-state index is 0. The van der Waals surface area contributed by atoms with Crippen LogP contribution in [0.3, 0.4) is 0 Å². The Labute approximate surface area is 131 Å². The predicted octanol–water partition coefficient (Wildman–Crippen LogP) is -2.37. The van der Waals surface area contributed by atoms with E-state index in [9.17, 15) is 0 Å². The zero-order valence-electron chi connectivity index (χ0n) is 11.8. The van der Waals surface area contributed by atoms with Crippen molar-refractivity contribution in [3.63, 3.8) is 0 Å². The Kier molecular flexibility index (Phi) is 7.82. The van der Waals surface area contributed by atoms with E-state index in [1.165, 1.54) is 30.7 Å². The van der Waals surface area contributed by atoms with Crippen LogP contribution < -0.4 is 23.5 Å². The van der Waals surface area contributed by atoms with Gasteiger partial charge < -0.3 is 27.9 Å². The maximum absolute atomic E-state index is 5.47. The molecule has 2 aromatic heterocycles. The van der Waals surface area contributed by atoms with E-state index in [0.717, 1.165) is 11.0 Å². The van der Waals surface area contributed by atoms with Crippen molar-refractivity contribution in [2.24, 2.45) is 0 Å². The van der Waals surface area contributed by atoms with E-state index in [-0.39, 0.29) is 24.8 Å². The Morgan fingerprint density at radius 1 is 1.25 bits per heavy atom. The summed E-state index contributed by atoms with van der Waals surface area (Å²) in [7, 11) is 4.56. The molecule has 3 heterocycles. The Morgan fingerprint density at radius 2 is 1.90 bits per heavy atom. The number of fused-ring (bicyclic) bond motifs is 1. The molecule has 2 aromatic rings. The van der Waals surface area contributed by atoms with E-state index in [1.54, 1.807) is 6.20 Å². The zero-order valence-corrected chi connectivity index (χ0v) is 13.3. The molecule has 0 radical (unpaired) electrons. The molecule has 6 nitrogen and oxygen atoms in total. The summed E-state index contributed by atoms with van der Waals surface area (Å²) in [5.74, 6) is 0.454. The van der Waals surface area contributed by atoms with Gasteiger partial charge in [0.15, 0.2) is 5.82 Å². The molecule has 3 rings (SSSR count). The van der Waals surface area contributed by atoms with E-state index in [1.807, 2.05) is 12.1 Å². The van der Waals surface area contributed by atoms with Gasteiger partial charge >= 0.3 is 0 Å². The number of nitrogens with one attached hydrogen (secondary N) is 2. The number of rotatable bonds is 0. The number of aromatic nitrogens is 3. The molecule has 1 aliphatic rings. The van der Waals surface area contributed by atoms with Crippen molar-refractivity contribution >= 4 is 29.3 Å². The molecular weight excluding hydrogens is 299 g/mol. The smallest absolute Gasteiger partial charge is 0.171 e. The number of nitrogens with zero attached hydrogens (tertiary/aromatic N) is 3. The number of aromatic amines is 1. The third kappa shape index (κ3) is 5.13. The molecule has 0 bridgehead atoms. The van der Waals surface area contributed by atoms with Gasteiger partial charge in [-0.1, -0.05) is 0 Å². The Balaban J connectivity index is 0.000000336.